The number of ether oxygens (including phenoxy) is 1. The predicted octanol–water partition coefficient (Wildman–Crippen LogP) is 5.60. The van der Waals surface area contributed by atoms with Crippen LogP contribution in [0.25, 0.3) is 0 Å². The van der Waals surface area contributed by atoms with E-state index < -0.39 is 31.8 Å². The summed E-state index contributed by atoms with van der Waals surface area (Å²) < 4.78 is 88.6. The van der Waals surface area contributed by atoms with Gasteiger partial charge in [0, 0.05) is 24.3 Å². The normalized spacial score (nSPS) is 12.8. The largest absolute Gasteiger partial charge is 0.573 e. The zero-order valence-electron chi connectivity index (χ0n) is 24.8. The summed E-state index contributed by atoms with van der Waals surface area (Å²) in [6.07, 6.45) is -2.61. The number of nitrogens with zero attached hydrogens (tertiary/aromatic N) is 4. The van der Waals surface area contributed by atoms with Crippen LogP contribution >= 0.6 is 0 Å². The molecule has 0 saturated heterocycles. The summed E-state index contributed by atoms with van der Waals surface area (Å²) in [7, 11) is -6.72. The van der Waals surface area contributed by atoms with Crippen molar-refractivity contribution in [1.29, 1.82) is 0 Å². The molecule has 0 spiro atoms. The fraction of sp³-hybridized carbons (Fsp3) is 0.172. The lowest BCUT2D eigenvalue weighted by atomic mass is 10.1. The number of aromatic nitrogens is 2. The van der Waals surface area contributed by atoms with Gasteiger partial charge < -0.3 is 10.1 Å². The van der Waals surface area contributed by atoms with E-state index >= 15 is 0 Å². The van der Waals surface area contributed by atoms with Crippen molar-refractivity contribution in [3.05, 3.63) is 90.0 Å². The van der Waals surface area contributed by atoms with Crippen LogP contribution in [0.3, 0.4) is 0 Å². The Labute approximate surface area is 263 Å². The Morgan fingerprint density at radius 2 is 1.11 bits per heavy atom. The molecule has 0 aliphatic rings. The first-order valence-electron chi connectivity index (χ1n) is 13.2. The second-order valence-electron chi connectivity index (χ2n) is 9.87. The quantitative estimate of drug-likeness (QED) is 0.135. The molecule has 17 heteroatoms. The van der Waals surface area contributed by atoms with E-state index in [0.717, 1.165) is 24.6 Å². The molecule has 0 aliphatic carbocycles. The Bertz CT molecular complexity index is 1870. The lowest BCUT2D eigenvalue weighted by molar-refractivity contribution is -0.274. The van der Waals surface area contributed by atoms with Crippen molar-refractivity contribution in [1.82, 2.24) is 9.97 Å². The minimum absolute atomic E-state index is 0.0349. The van der Waals surface area contributed by atoms with Gasteiger partial charge in [-0.15, -0.1) is 13.2 Å². The van der Waals surface area contributed by atoms with Crippen LogP contribution in [0.2, 0.25) is 0 Å². The summed E-state index contributed by atoms with van der Waals surface area (Å²) in [4.78, 5) is 9.06. The van der Waals surface area contributed by atoms with Gasteiger partial charge in [0.25, 0.3) is 0 Å². The summed E-state index contributed by atoms with van der Waals surface area (Å²) in [5.41, 5.74) is 8.30. The molecule has 1 heterocycles. The molecule has 0 aliphatic heterocycles. The van der Waals surface area contributed by atoms with E-state index in [1.165, 1.54) is 42.5 Å². The molecular formula is C29H28F3N7O5S2. The van der Waals surface area contributed by atoms with E-state index in [9.17, 15) is 30.0 Å². The van der Waals surface area contributed by atoms with Gasteiger partial charge in [0.2, 0.25) is 5.95 Å². The highest BCUT2D eigenvalue weighted by atomic mass is 32.2. The van der Waals surface area contributed by atoms with Crippen LogP contribution in [0.1, 0.15) is 25.0 Å². The number of halogens is 3. The number of hydrogen-bond donors (Lipinski definition) is 3. The molecule has 3 N–H and O–H groups in total. The first-order chi connectivity index (χ1) is 21.5. The molecule has 0 bridgehead atoms. The maximum Gasteiger partial charge on any atom is 0.573 e. The van der Waals surface area contributed by atoms with Crippen LogP contribution in [0, 0.1) is 0 Å². The third kappa shape index (κ3) is 9.73. The molecule has 46 heavy (non-hydrogen) atoms. The molecule has 4 aromatic rings. The van der Waals surface area contributed by atoms with Crippen molar-refractivity contribution in [2.24, 2.45) is 10.2 Å². The maximum atomic E-state index is 12.5. The van der Waals surface area contributed by atoms with E-state index in [0.29, 0.717) is 28.2 Å². The first-order valence-corrected chi connectivity index (χ1v) is 17.0. The van der Waals surface area contributed by atoms with E-state index in [4.69, 9.17) is 0 Å². The zero-order valence-corrected chi connectivity index (χ0v) is 26.4. The molecule has 0 unspecified atom stereocenters. The zero-order chi connectivity index (χ0) is 33.7. The van der Waals surface area contributed by atoms with Crippen LogP contribution in [0.5, 0.6) is 5.75 Å². The van der Waals surface area contributed by atoms with Crippen LogP contribution < -0.4 is 20.9 Å². The fourth-order valence-corrected chi connectivity index (χ4v) is 5.05. The highest BCUT2D eigenvalue weighted by Gasteiger charge is 2.31. The smallest absolute Gasteiger partial charge is 0.406 e. The van der Waals surface area contributed by atoms with Crippen molar-refractivity contribution in [2.45, 2.75) is 30.0 Å². The number of rotatable bonds is 11. The van der Waals surface area contributed by atoms with E-state index in [2.05, 4.69) is 41.1 Å². The predicted molar refractivity (Wildman–Crippen MR) is 169 cm³/mol. The molecule has 242 valence electrons. The van der Waals surface area contributed by atoms with Gasteiger partial charge in [-0.1, -0.05) is 24.3 Å². The summed E-state index contributed by atoms with van der Waals surface area (Å²) in [5, 5.41) is 11.6. The molecule has 0 atom stereocenters. The third-order valence-corrected chi connectivity index (χ3v) is 8.40. The molecule has 12 nitrogen and oxygen atoms in total. The summed E-state index contributed by atoms with van der Waals surface area (Å²) in [5.74, 6) is 0.0391. The van der Waals surface area contributed by atoms with Crippen LogP contribution in [-0.4, -0.2) is 57.1 Å². The summed E-state index contributed by atoms with van der Waals surface area (Å²) >= 11 is 0. The van der Waals surface area contributed by atoms with E-state index in [-0.39, 0.29) is 27.4 Å². The maximum absolute atomic E-state index is 12.5. The fourth-order valence-electron chi connectivity index (χ4n) is 3.78. The van der Waals surface area contributed by atoms with Crippen molar-refractivity contribution < 1.29 is 34.7 Å². The van der Waals surface area contributed by atoms with Crippen molar-refractivity contribution in [3.8, 4) is 5.75 Å². The number of anilines is 4. The molecule has 1 aromatic heterocycles. The second kappa shape index (κ2) is 13.5. The van der Waals surface area contributed by atoms with E-state index in [1.807, 2.05) is 0 Å². The minimum Gasteiger partial charge on any atom is -0.406 e. The monoisotopic (exact) mass is 675 g/mol. The molecule has 0 amide bonds. The molecular weight excluding hydrogens is 647 g/mol. The number of hydrazone groups is 2. The average Bonchev–Trinajstić information content (AvgIpc) is 2.98. The Morgan fingerprint density at radius 3 is 1.48 bits per heavy atom. The van der Waals surface area contributed by atoms with Gasteiger partial charge in [0.05, 0.1) is 21.2 Å². The van der Waals surface area contributed by atoms with Crippen molar-refractivity contribution in [3.63, 3.8) is 0 Å². The van der Waals surface area contributed by atoms with Crippen LogP contribution in [0.15, 0.2) is 98.9 Å². The van der Waals surface area contributed by atoms with E-state index in [1.54, 1.807) is 38.1 Å². The highest BCUT2D eigenvalue weighted by Crippen LogP contribution is 2.26. The molecule has 0 radical (unpaired) electrons. The highest BCUT2D eigenvalue weighted by molar-refractivity contribution is 7.91. The second-order valence-corrected chi connectivity index (χ2v) is 13.9. The Balaban J connectivity index is 1.60. The minimum atomic E-state index is -4.83. The lowest BCUT2D eigenvalue weighted by Gasteiger charge is -2.12. The summed E-state index contributed by atoms with van der Waals surface area (Å²) in [6.45, 7) is 3.41. The standard InChI is InChI=1S/C29H28F3N7O5S2/c1-18(20-5-13-24(14-6-20)45(3,40)41)36-38-26-17-27(39-37-19(2)21-7-15-25(16-8-21)46(4,42)43)35-28(34-26)33-22-9-11-23(12-10-22)44-29(30,31)32/h5-17H,1-4H3,(H3,33,34,35,38,39). The molecule has 3 aromatic carbocycles. The van der Waals surface area contributed by atoms with Crippen LogP contribution in [0.4, 0.5) is 36.4 Å². The Hall–Kier alpha value is -5.03. The third-order valence-electron chi connectivity index (χ3n) is 6.15. The number of hydrogen-bond acceptors (Lipinski definition) is 12. The number of sulfone groups is 2. The topological polar surface area (TPSA) is 164 Å². The molecule has 4 rings (SSSR count). The van der Waals surface area contributed by atoms with Gasteiger partial charge in [-0.3, -0.25) is 10.9 Å². The van der Waals surface area contributed by atoms with Gasteiger partial charge in [-0.25, -0.2) is 16.8 Å². The van der Waals surface area contributed by atoms with Crippen molar-refractivity contribution in [2.75, 3.05) is 28.7 Å². The Morgan fingerprint density at radius 1 is 0.696 bits per heavy atom. The van der Waals surface area contributed by atoms with Gasteiger partial charge >= 0.3 is 6.36 Å². The van der Waals surface area contributed by atoms with Crippen molar-refractivity contribution >= 4 is 54.4 Å². The summed E-state index contributed by atoms with van der Waals surface area (Å²) in [6, 6.07) is 18.8. The van der Waals surface area contributed by atoms with Gasteiger partial charge in [0.1, 0.15) is 5.75 Å². The van der Waals surface area contributed by atoms with Gasteiger partial charge in [-0.2, -0.15) is 20.2 Å². The molecule has 0 saturated carbocycles. The number of benzene rings is 3. The lowest BCUT2D eigenvalue weighted by Crippen LogP contribution is -2.17. The average molecular weight is 676 g/mol. The SMILES string of the molecule is CC(=NNc1cc(NN=C(C)c2ccc(S(C)(=O)=O)cc2)nc(Nc2ccc(OC(F)(F)F)cc2)n1)c1ccc(S(C)(=O)=O)cc1. The van der Waals surface area contributed by atoms with Gasteiger partial charge in [0.15, 0.2) is 31.3 Å². The number of nitrogens with one attached hydrogen (secondary N) is 3. The number of alkyl halides is 3. The first kappa shape index (κ1) is 33.9. The van der Waals surface area contributed by atoms with Crippen LogP contribution in [-0.2, 0) is 19.7 Å². The molecule has 0 fully saturated rings. The Kier molecular flexibility index (Phi) is 9.96. The van der Waals surface area contributed by atoms with Gasteiger partial charge in [-0.05, 0) is 73.5 Å².